The Morgan fingerprint density at radius 2 is 2.00 bits per heavy atom. The van der Waals surface area contributed by atoms with E-state index in [0.717, 1.165) is 25.0 Å². The minimum Gasteiger partial charge on any atom is -0.454 e. The first-order valence-electron chi connectivity index (χ1n) is 7.02. The van der Waals surface area contributed by atoms with Gasteiger partial charge < -0.3 is 10.1 Å². The number of ether oxygens (including phenoxy) is 1. The van der Waals surface area contributed by atoms with Crippen LogP contribution in [-0.4, -0.2) is 39.0 Å². The minimum atomic E-state index is -4.21. The summed E-state index contributed by atoms with van der Waals surface area (Å²) in [5, 5.41) is 2.63. The molecule has 0 bridgehead atoms. The normalized spacial score (nSPS) is 15.7. The Hall–Kier alpha value is -2.00. The lowest BCUT2D eigenvalue weighted by Gasteiger charge is -2.14. The molecule has 1 aromatic rings. The van der Waals surface area contributed by atoms with E-state index in [1.54, 1.807) is 0 Å². The summed E-state index contributed by atoms with van der Waals surface area (Å²) < 4.78 is 44.3. The zero-order chi connectivity index (χ0) is 17.0. The summed E-state index contributed by atoms with van der Waals surface area (Å²) in [6.45, 7) is 0.765. The fourth-order valence-electron chi connectivity index (χ4n) is 1.77. The summed E-state index contributed by atoms with van der Waals surface area (Å²) >= 11 is 0. The highest BCUT2D eigenvalue weighted by atomic mass is 32.2. The van der Waals surface area contributed by atoms with Crippen molar-refractivity contribution in [2.24, 2.45) is 0 Å². The van der Waals surface area contributed by atoms with Crippen LogP contribution in [0.15, 0.2) is 29.2 Å². The van der Waals surface area contributed by atoms with Crippen LogP contribution in [-0.2, 0) is 24.3 Å². The smallest absolute Gasteiger partial charge is 0.324 e. The van der Waals surface area contributed by atoms with E-state index in [1.165, 1.54) is 19.1 Å². The SMILES string of the molecule is C[C@H](NS(=O)(=O)c1ccccc1F)C(=O)OCC(=O)NC1CC1. The molecule has 126 valence electrons. The molecule has 23 heavy (non-hydrogen) atoms. The summed E-state index contributed by atoms with van der Waals surface area (Å²) in [4.78, 5) is 22.6. The molecule has 2 N–H and O–H groups in total. The summed E-state index contributed by atoms with van der Waals surface area (Å²) in [5.41, 5.74) is 0. The fraction of sp³-hybridized carbons (Fsp3) is 0.429. The van der Waals surface area contributed by atoms with Gasteiger partial charge in [0.15, 0.2) is 6.61 Å². The van der Waals surface area contributed by atoms with E-state index in [0.29, 0.717) is 0 Å². The lowest BCUT2D eigenvalue weighted by atomic mass is 10.3. The Balaban J connectivity index is 1.89. The Labute approximate surface area is 133 Å². The van der Waals surface area contributed by atoms with Crippen molar-refractivity contribution in [1.82, 2.24) is 10.0 Å². The van der Waals surface area contributed by atoms with Crippen molar-refractivity contribution in [3.63, 3.8) is 0 Å². The van der Waals surface area contributed by atoms with Crippen molar-refractivity contribution in [1.29, 1.82) is 0 Å². The van der Waals surface area contributed by atoms with E-state index in [9.17, 15) is 22.4 Å². The van der Waals surface area contributed by atoms with Crippen molar-refractivity contribution in [3.05, 3.63) is 30.1 Å². The third-order valence-corrected chi connectivity index (χ3v) is 4.67. The lowest BCUT2D eigenvalue weighted by Crippen LogP contribution is -2.41. The van der Waals surface area contributed by atoms with Crippen LogP contribution in [0.3, 0.4) is 0 Å². The van der Waals surface area contributed by atoms with Crippen molar-refractivity contribution < 1.29 is 27.1 Å². The van der Waals surface area contributed by atoms with E-state index >= 15 is 0 Å². The van der Waals surface area contributed by atoms with E-state index < -0.39 is 45.3 Å². The Kier molecular flexibility index (Phi) is 5.32. The van der Waals surface area contributed by atoms with Crippen LogP contribution in [0.2, 0.25) is 0 Å². The minimum absolute atomic E-state index is 0.137. The summed E-state index contributed by atoms with van der Waals surface area (Å²) in [6.07, 6.45) is 1.80. The molecular weight excluding hydrogens is 327 g/mol. The fourth-order valence-corrected chi connectivity index (χ4v) is 3.04. The second kappa shape index (κ2) is 7.05. The predicted molar refractivity (Wildman–Crippen MR) is 78.3 cm³/mol. The maximum absolute atomic E-state index is 13.5. The maximum atomic E-state index is 13.5. The number of hydrogen-bond donors (Lipinski definition) is 2. The maximum Gasteiger partial charge on any atom is 0.324 e. The Morgan fingerprint density at radius 1 is 1.35 bits per heavy atom. The molecule has 1 fully saturated rings. The number of benzene rings is 1. The molecule has 0 saturated heterocycles. The molecule has 1 amide bonds. The third kappa shape index (κ3) is 5.00. The van der Waals surface area contributed by atoms with Crippen LogP contribution >= 0.6 is 0 Å². The predicted octanol–water partition coefficient (Wildman–Crippen LogP) is 0.314. The number of carbonyl (C=O) groups is 2. The molecule has 9 heteroatoms. The number of sulfonamides is 1. The van der Waals surface area contributed by atoms with Gasteiger partial charge in [0.25, 0.3) is 5.91 Å². The third-order valence-electron chi connectivity index (χ3n) is 3.10. The van der Waals surface area contributed by atoms with Gasteiger partial charge in [-0.2, -0.15) is 4.72 Å². The number of carbonyl (C=O) groups excluding carboxylic acids is 2. The summed E-state index contributed by atoms with van der Waals surface area (Å²) in [6, 6.07) is 3.68. The topological polar surface area (TPSA) is 102 Å². The van der Waals surface area contributed by atoms with Gasteiger partial charge in [0.05, 0.1) is 0 Å². The molecule has 0 unspecified atom stereocenters. The summed E-state index contributed by atoms with van der Waals surface area (Å²) in [7, 11) is -4.21. The average Bonchev–Trinajstić information content (AvgIpc) is 3.28. The number of hydrogen-bond acceptors (Lipinski definition) is 5. The van der Waals surface area contributed by atoms with Crippen LogP contribution in [0.4, 0.5) is 4.39 Å². The van der Waals surface area contributed by atoms with Crippen molar-refractivity contribution in [3.8, 4) is 0 Å². The second-order valence-corrected chi connectivity index (χ2v) is 6.91. The first-order valence-corrected chi connectivity index (χ1v) is 8.51. The number of esters is 1. The zero-order valence-corrected chi connectivity index (χ0v) is 13.2. The molecule has 0 aromatic heterocycles. The lowest BCUT2D eigenvalue weighted by molar-refractivity contribution is -0.149. The second-order valence-electron chi connectivity index (χ2n) is 5.22. The molecular formula is C14H17FN2O5S. The molecule has 1 aliphatic carbocycles. The highest BCUT2D eigenvalue weighted by Crippen LogP contribution is 2.18. The number of amides is 1. The van der Waals surface area contributed by atoms with Gasteiger partial charge in [-0.3, -0.25) is 9.59 Å². The molecule has 0 radical (unpaired) electrons. The van der Waals surface area contributed by atoms with Gasteiger partial charge in [0, 0.05) is 6.04 Å². The molecule has 1 aromatic carbocycles. The largest absolute Gasteiger partial charge is 0.454 e. The number of halogens is 1. The highest BCUT2D eigenvalue weighted by molar-refractivity contribution is 7.89. The van der Waals surface area contributed by atoms with Gasteiger partial charge in [-0.1, -0.05) is 12.1 Å². The first-order chi connectivity index (χ1) is 10.8. The van der Waals surface area contributed by atoms with Crippen LogP contribution < -0.4 is 10.0 Å². The van der Waals surface area contributed by atoms with E-state index in [-0.39, 0.29) is 6.04 Å². The quantitative estimate of drug-likeness (QED) is 0.694. The highest BCUT2D eigenvalue weighted by Gasteiger charge is 2.27. The van der Waals surface area contributed by atoms with Crippen LogP contribution in [0.25, 0.3) is 0 Å². The molecule has 1 atom stereocenters. The molecule has 1 aliphatic rings. The molecule has 7 nitrogen and oxygen atoms in total. The summed E-state index contributed by atoms with van der Waals surface area (Å²) in [5.74, 6) is -2.29. The van der Waals surface area contributed by atoms with Gasteiger partial charge in [-0.15, -0.1) is 0 Å². The first kappa shape index (κ1) is 17.4. The average molecular weight is 344 g/mol. The molecule has 0 aliphatic heterocycles. The van der Waals surface area contributed by atoms with Crippen LogP contribution in [0.1, 0.15) is 19.8 Å². The molecule has 2 rings (SSSR count). The molecule has 0 spiro atoms. The van der Waals surface area contributed by atoms with Crippen molar-refractivity contribution >= 4 is 21.9 Å². The molecule has 0 heterocycles. The number of rotatable bonds is 7. The monoisotopic (exact) mass is 344 g/mol. The van der Waals surface area contributed by atoms with Gasteiger partial charge in [-0.25, -0.2) is 12.8 Å². The zero-order valence-electron chi connectivity index (χ0n) is 12.4. The van der Waals surface area contributed by atoms with Gasteiger partial charge in [0.2, 0.25) is 10.0 Å². The Bertz CT molecular complexity index is 703. The van der Waals surface area contributed by atoms with Gasteiger partial charge in [-0.05, 0) is 31.9 Å². The van der Waals surface area contributed by atoms with E-state index in [1.807, 2.05) is 4.72 Å². The van der Waals surface area contributed by atoms with Gasteiger partial charge in [0.1, 0.15) is 16.8 Å². The van der Waals surface area contributed by atoms with Crippen LogP contribution in [0.5, 0.6) is 0 Å². The Morgan fingerprint density at radius 3 is 2.61 bits per heavy atom. The van der Waals surface area contributed by atoms with Crippen molar-refractivity contribution in [2.75, 3.05) is 6.61 Å². The van der Waals surface area contributed by atoms with Gasteiger partial charge >= 0.3 is 5.97 Å². The van der Waals surface area contributed by atoms with Crippen molar-refractivity contribution in [2.45, 2.75) is 36.7 Å². The van der Waals surface area contributed by atoms with E-state index in [4.69, 9.17) is 4.74 Å². The van der Waals surface area contributed by atoms with Crippen LogP contribution in [0, 0.1) is 5.82 Å². The number of nitrogens with one attached hydrogen (secondary N) is 2. The molecule has 1 saturated carbocycles. The standard InChI is InChI=1S/C14H17FN2O5S/c1-9(14(19)22-8-13(18)16-10-6-7-10)17-23(20,21)12-5-3-2-4-11(12)15/h2-5,9-10,17H,6-8H2,1H3,(H,16,18)/t9-/m0/s1. The van der Waals surface area contributed by atoms with E-state index in [2.05, 4.69) is 5.32 Å².